The van der Waals surface area contributed by atoms with Crippen molar-refractivity contribution in [1.82, 2.24) is 10.2 Å². The fraction of sp³-hybridized carbons (Fsp3) is 0.111. The Morgan fingerprint density at radius 2 is 2.40 bits per heavy atom. The lowest BCUT2D eigenvalue weighted by Gasteiger charge is -2.02. The number of aromatic amines is 1. The molecule has 0 spiro atoms. The zero-order valence-corrected chi connectivity index (χ0v) is 9.89. The first kappa shape index (κ1) is 10.4. The highest BCUT2D eigenvalue weighted by atomic mass is 79.9. The van der Waals surface area contributed by atoms with Crippen LogP contribution in [0.4, 0.5) is 5.69 Å². The van der Waals surface area contributed by atoms with Crippen molar-refractivity contribution in [3.63, 3.8) is 0 Å². The van der Waals surface area contributed by atoms with Crippen LogP contribution in [-0.4, -0.2) is 22.0 Å². The van der Waals surface area contributed by atoms with Crippen molar-refractivity contribution in [3.05, 3.63) is 22.8 Å². The van der Waals surface area contributed by atoms with Crippen LogP contribution >= 0.6 is 27.5 Å². The van der Waals surface area contributed by atoms with Gasteiger partial charge in [-0.3, -0.25) is 9.89 Å². The molecule has 0 fully saturated rings. The van der Waals surface area contributed by atoms with E-state index in [2.05, 4.69) is 31.4 Å². The van der Waals surface area contributed by atoms with Crippen molar-refractivity contribution in [1.29, 1.82) is 0 Å². The van der Waals surface area contributed by atoms with Crippen LogP contribution in [0.2, 0.25) is 0 Å². The number of nitrogens with zero attached hydrogens (tertiary/aromatic N) is 1. The number of aromatic nitrogens is 2. The summed E-state index contributed by atoms with van der Waals surface area (Å²) in [6.45, 7) is 0. The van der Waals surface area contributed by atoms with Crippen molar-refractivity contribution in [2.45, 2.75) is 0 Å². The Hall–Kier alpha value is -1.07. The molecule has 0 atom stereocenters. The minimum absolute atomic E-state index is 0.0510. The first-order valence-electron chi connectivity index (χ1n) is 4.20. The Bertz CT molecular complexity index is 511. The molecule has 0 radical (unpaired) electrons. The number of halogens is 2. The van der Waals surface area contributed by atoms with E-state index >= 15 is 0 Å². The minimum atomic E-state index is -0.226. The molecule has 15 heavy (non-hydrogen) atoms. The summed E-state index contributed by atoms with van der Waals surface area (Å²) in [4.78, 5) is 11.1. The summed E-state index contributed by atoms with van der Waals surface area (Å²) in [5.41, 5.74) is 1.54. The summed E-state index contributed by atoms with van der Waals surface area (Å²) in [7, 11) is 0. The lowest BCUT2D eigenvalue weighted by atomic mass is 10.2. The SMILES string of the molecule is O=C(CCl)Nc1ccc2n[nH]c(Br)c2c1. The normalized spacial score (nSPS) is 10.5. The van der Waals surface area contributed by atoms with E-state index in [4.69, 9.17) is 11.6 Å². The van der Waals surface area contributed by atoms with Crippen molar-refractivity contribution < 1.29 is 4.79 Å². The number of carbonyl (C=O) groups is 1. The molecular formula is C9H7BrClN3O. The molecular weight excluding hydrogens is 281 g/mol. The number of benzene rings is 1. The molecule has 1 heterocycles. The van der Waals surface area contributed by atoms with Gasteiger partial charge in [-0.1, -0.05) is 0 Å². The summed E-state index contributed by atoms with van der Waals surface area (Å²) >= 11 is 8.72. The van der Waals surface area contributed by atoms with Crippen molar-refractivity contribution >= 4 is 50.0 Å². The number of hydrogen-bond acceptors (Lipinski definition) is 2. The molecule has 0 aliphatic carbocycles. The lowest BCUT2D eigenvalue weighted by Crippen LogP contribution is -2.12. The van der Waals surface area contributed by atoms with Gasteiger partial charge in [-0.05, 0) is 34.1 Å². The molecule has 1 aromatic carbocycles. The second-order valence-electron chi connectivity index (χ2n) is 2.95. The van der Waals surface area contributed by atoms with E-state index in [-0.39, 0.29) is 11.8 Å². The number of amides is 1. The number of nitrogens with one attached hydrogen (secondary N) is 2. The molecule has 1 aromatic heterocycles. The standard InChI is InChI=1S/C9H7BrClN3O/c10-9-6-3-5(12-8(15)4-11)1-2-7(6)13-14-9/h1-3H,4H2,(H,12,15)(H,13,14). The molecule has 2 aromatic rings. The number of fused-ring (bicyclic) bond motifs is 1. The fourth-order valence-electron chi connectivity index (χ4n) is 1.25. The zero-order chi connectivity index (χ0) is 10.8. The van der Waals surface area contributed by atoms with E-state index in [1.807, 2.05) is 12.1 Å². The molecule has 0 unspecified atom stereocenters. The third-order valence-electron chi connectivity index (χ3n) is 1.91. The average Bonchev–Trinajstić information content (AvgIpc) is 2.60. The second kappa shape index (κ2) is 4.20. The van der Waals surface area contributed by atoms with Gasteiger partial charge in [-0.15, -0.1) is 11.6 Å². The van der Waals surface area contributed by atoms with Crippen LogP contribution in [0.15, 0.2) is 22.8 Å². The topological polar surface area (TPSA) is 57.8 Å². The number of carbonyl (C=O) groups excluding carboxylic acids is 1. The van der Waals surface area contributed by atoms with Gasteiger partial charge in [0.2, 0.25) is 5.91 Å². The zero-order valence-electron chi connectivity index (χ0n) is 7.55. The summed E-state index contributed by atoms with van der Waals surface area (Å²) < 4.78 is 0.791. The van der Waals surface area contributed by atoms with Gasteiger partial charge in [-0.2, -0.15) is 5.10 Å². The highest BCUT2D eigenvalue weighted by Gasteiger charge is 2.05. The van der Waals surface area contributed by atoms with Gasteiger partial charge in [0.25, 0.3) is 0 Å². The van der Waals surface area contributed by atoms with Gasteiger partial charge >= 0.3 is 0 Å². The molecule has 0 aliphatic rings. The van der Waals surface area contributed by atoms with Crippen molar-refractivity contribution in [3.8, 4) is 0 Å². The quantitative estimate of drug-likeness (QED) is 0.834. The number of alkyl halides is 1. The largest absolute Gasteiger partial charge is 0.325 e. The summed E-state index contributed by atoms with van der Waals surface area (Å²) in [6, 6.07) is 5.42. The van der Waals surface area contributed by atoms with Crippen LogP contribution in [0.5, 0.6) is 0 Å². The number of H-pyrrole nitrogens is 1. The molecule has 0 saturated heterocycles. The minimum Gasteiger partial charge on any atom is -0.325 e. The predicted octanol–water partition coefficient (Wildman–Crippen LogP) is 2.50. The van der Waals surface area contributed by atoms with E-state index in [0.29, 0.717) is 5.69 Å². The molecule has 2 rings (SSSR count). The van der Waals surface area contributed by atoms with Gasteiger partial charge in [0.05, 0.1) is 5.52 Å². The molecule has 1 amide bonds. The van der Waals surface area contributed by atoms with E-state index < -0.39 is 0 Å². The Kier molecular flexibility index (Phi) is 2.93. The Labute approximate surface area is 99.1 Å². The first-order chi connectivity index (χ1) is 7.20. The van der Waals surface area contributed by atoms with Crippen LogP contribution in [0.3, 0.4) is 0 Å². The monoisotopic (exact) mass is 287 g/mol. The van der Waals surface area contributed by atoms with Crippen molar-refractivity contribution in [2.24, 2.45) is 0 Å². The lowest BCUT2D eigenvalue weighted by molar-refractivity contribution is -0.113. The maximum absolute atomic E-state index is 11.1. The molecule has 6 heteroatoms. The molecule has 4 nitrogen and oxygen atoms in total. The second-order valence-corrected chi connectivity index (χ2v) is 4.01. The average molecular weight is 289 g/mol. The molecule has 0 bridgehead atoms. The van der Waals surface area contributed by atoms with Crippen LogP contribution in [0.1, 0.15) is 0 Å². The number of hydrogen-bond donors (Lipinski definition) is 2. The Morgan fingerprint density at radius 1 is 1.60 bits per heavy atom. The van der Waals surface area contributed by atoms with E-state index in [1.165, 1.54) is 0 Å². The highest BCUT2D eigenvalue weighted by molar-refractivity contribution is 9.10. The summed E-state index contributed by atoms with van der Waals surface area (Å²) in [6.07, 6.45) is 0. The molecule has 2 N–H and O–H groups in total. The molecule has 78 valence electrons. The Balaban J connectivity index is 2.37. The number of anilines is 1. The summed E-state index contributed by atoms with van der Waals surface area (Å²) in [5, 5.41) is 10.4. The maximum Gasteiger partial charge on any atom is 0.239 e. The highest BCUT2D eigenvalue weighted by Crippen LogP contribution is 2.24. The third-order valence-corrected chi connectivity index (χ3v) is 2.76. The van der Waals surface area contributed by atoms with E-state index in [9.17, 15) is 4.79 Å². The van der Waals surface area contributed by atoms with Crippen LogP contribution in [0, 0.1) is 0 Å². The van der Waals surface area contributed by atoms with Crippen LogP contribution < -0.4 is 5.32 Å². The first-order valence-corrected chi connectivity index (χ1v) is 5.53. The predicted molar refractivity (Wildman–Crippen MR) is 63.1 cm³/mol. The van der Waals surface area contributed by atoms with Crippen LogP contribution in [0.25, 0.3) is 10.9 Å². The fourth-order valence-corrected chi connectivity index (χ4v) is 1.72. The maximum atomic E-state index is 11.1. The van der Waals surface area contributed by atoms with Gasteiger partial charge in [0, 0.05) is 11.1 Å². The van der Waals surface area contributed by atoms with Gasteiger partial charge < -0.3 is 5.32 Å². The van der Waals surface area contributed by atoms with Crippen LogP contribution in [-0.2, 0) is 4.79 Å². The van der Waals surface area contributed by atoms with Gasteiger partial charge in [-0.25, -0.2) is 0 Å². The molecule has 0 saturated carbocycles. The van der Waals surface area contributed by atoms with Gasteiger partial charge in [0.1, 0.15) is 10.5 Å². The summed E-state index contributed by atoms with van der Waals surface area (Å²) in [5.74, 6) is -0.277. The Morgan fingerprint density at radius 3 is 3.13 bits per heavy atom. The van der Waals surface area contributed by atoms with Crippen molar-refractivity contribution in [2.75, 3.05) is 11.2 Å². The smallest absolute Gasteiger partial charge is 0.239 e. The van der Waals surface area contributed by atoms with E-state index in [1.54, 1.807) is 6.07 Å². The van der Waals surface area contributed by atoms with Gasteiger partial charge in [0.15, 0.2) is 0 Å². The number of rotatable bonds is 2. The van der Waals surface area contributed by atoms with E-state index in [0.717, 1.165) is 15.5 Å². The molecule has 0 aliphatic heterocycles. The third kappa shape index (κ3) is 2.13.